The van der Waals surface area contributed by atoms with Crippen molar-refractivity contribution in [2.75, 3.05) is 0 Å². The first-order valence-electron chi connectivity index (χ1n) is 4.57. The molecule has 2 rings (SSSR count). The van der Waals surface area contributed by atoms with Gasteiger partial charge < -0.3 is 4.74 Å². The highest BCUT2D eigenvalue weighted by Crippen LogP contribution is 2.29. The molecule has 1 aromatic carbocycles. The Kier molecular flexibility index (Phi) is 3.27. The van der Waals surface area contributed by atoms with Crippen LogP contribution in [0.4, 0.5) is 0 Å². The highest BCUT2D eigenvalue weighted by Gasteiger charge is 2.04. The fraction of sp³-hybridized carbons (Fsp3) is 0.0909. The topological polar surface area (TPSA) is 35.0 Å². The Morgan fingerprint density at radius 1 is 1.19 bits per heavy atom. The van der Waals surface area contributed by atoms with Crippen molar-refractivity contribution in [1.29, 1.82) is 0 Å². The molecule has 0 aliphatic heterocycles. The third-order valence-electron chi connectivity index (χ3n) is 1.88. The summed E-state index contributed by atoms with van der Waals surface area (Å²) in [5, 5.41) is 0.808. The Balaban J connectivity index is 2.27. The Morgan fingerprint density at radius 2 is 2.00 bits per heavy atom. The minimum Gasteiger partial charge on any atom is -0.436 e. The van der Waals surface area contributed by atoms with E-state index in [-0.39, 0.29) is 5.15 Å². The number of halogens is 2. The van der Waals surface area contributed by atoms with Crippen LogP contribution in [0.3, 0.4) is 0 Å². The van der Waals surface area contributed by atoms with E-state index >= 15 is 0 Å². The highest BCUT2D eigenvalue weighted by molar-refractivity contribution is 6.32. The van der Waals surface area contributed by atoms with Crippen molar-refractivity contribution in [3.8, 4) is 11.6 Å². The van der Waals surface area contributed by atoms with Crippen molar-refractivity contribution in [3.05, 3.63) is 46.3 Å². The lowest BCUT2D eigenvalue weighted by molar-refractivity contribution is 0.460. The summed E-state index contributed by atoms with van der Waals surface area (Å²) in [6.07, 6.45) is 2.91. The van der Waals surface area contributed by atoms with Gasteiger partial charge in [0.1, 0.15) is 5.75 Å². The molecule has 0 amide bonds. The third kappa shape index (κ3) is 2.62. The standard InChI is InChI=1S/C11H8Cl2N2O/c1-7-2-3-9(8(12)4-7)16-11-6-14-5-10(13)15-11/h2-6H,1H3. The van der Waals surface area contributed by atoms with Crippen molar-refractivity contribution < 1.29 is 4.74 Å². The minimum atomic E-state index is 0.278. The Labute approximate surface area is 103 Å². The van der Waals surface area contributed by atoms with E-state index in [0.717, 1.165) is 5.56 Å². The molecule has 0 aliphatic rings. The molecule has 3 nitrogen and oxygen atoms in total. The summed E-state index contributed by atoms with van der Waals surface area (Å²) < 4.78 is 5.45. The van der Waals surface area contributed by atoms with Crippen LogP contribution >= 0.6 is 23.2 Å². The number of aromatic nitrogens is 2. The number of rotatable bonds is 2. The van der Waals surface area contributed by atoms with E-state index in [0.29, 0.717) is 16.7 Å². The first kappa shape index (κ1) is 11.2. The van der Waals surface area contributed by atoms with Gasteiger partial charge in [0.2, 0.25) is 5.88 Å². The largest absolute Gasteiger partial charge is 0.436 e. The maximum Gasteiger partial charge on any atom is 0.239 e. The second kappa shape index (κ2) is 4.68. The van der Waals surface area contributed by atoms with Gasteiger partial charge in [-0.15, -0.1) is 0 Å². The number of hydrogen-bond acceptors (Lipinski definition) is 3. The zero-order chi connectivity index (χ0) is 11.5. The van der Waals surface area contributed by atoms with Gasteiger partial charge in [0.25, 0.3) is 0 Å². The molecule has 82 valence electrons. The second-order valence-electron chi connectivity index (χ2n) is 3.22. The molecule has 16 heavy (non-hydrogen) atoms. The lowest BCUT2D eigenvalue weighted by atomic mass is 10.2. The van der Waals surface area contributed by atoms with Crippen LogP contribution in [-0.2, 0) is 0 Å². The SMILES string of the molecule is Cc1ccc(Oc2cncc(Cl)n2)c(Cl)c1. The van der Waals surface area contributed by atoms with E-state index in [2.05, 4.69) is 9.97 Å². The smallest absolute Gasteiger partial charge is 0.239 e. The van der Waals surface area contributed by atoms with Gasteiger partial charge in [0, 0.05) is 0 Å². The maximum absolute atomic E-state index is 6.01. The van der Waals surface area contributed by atoms with E-state index in [9.17, 15) is 0 Å². The Hall–Kier alpha value is -1.32. The lowest BCUT2D eigenvalue weighted by Gasteiger charge is -2.06. The fourth-order valence-electron chi connectivity index (χ4n) is 1.18. The molecular weight excluding hydrogens is 247 g/mol. The minimum absolute atomic E-state index is 0.278. The second-order valence-corrected chi connectivity index (χ2v) is 4.01. The molecule has 0 spiro atoms. The van der Waals surface area contributed by atoms with Gasteiger partial charge >= 0.3 is 0 Å². The van der Waals surface area contributed by atoms with Crippen molar-refractivity contribution in [2.45, 2.75) is 6.92 Å². The van der Waals surface area contributed by atoms with Gasteiger partial charge in [-0.3, -0.25) is 4.98 Å². The molecule has 0 aliphatic carbocycles. The maximum atomic E-state index is 6.01. The van der Waals surface area contributed by atoms with Gasteiger partial charge in [-0.1, -0.05) is 29.3 Å². The van der Waals surface area contributed by atoms with Crippen LogP contribution in [-0.4, -0.2) is 9.97 Å². The fourth-order valence-corrected chi connectivity index (χ4v) is 1.59. The summed E-state index contributed by atoms with van der Waals surface area (Å²) in [6.45, 7) is 1.95. The van der Waals surface area contributed by atoms with Crippen LogP contribution in [0.2, 0.25) is 10.2 Å². The summed E-state index contributed by atoms with van der Waals surface area (Å²) in [6, 6.07) is 5.49. The van der Waals surface area contributed by atoms with E-state index < -0.39 is 0 Å². The summed E-state index contributed by atoms with van der Waals surface area (Å²) in [7, 11) is 0. The number of nitrogens with zero attached hydrogens (tertiary/aromatic N) is 2. The Morgan fingerprint density at radius 3 is 2.69 bits per heavy atom. The van der Waals surface area contributed by atoms with Crippen LogP contribution in [0.25, 0.3) is 0 Å². The molecule has 0 radical (unpaired) electrons. The van der Waals surface area contributed by atoms with Crippen molar-refractivity contribution in [2.24, 2.45) is 0 Å². The number of benzene rings is 1. The average Bonchev–Trinajstić information content (AvgIpc) is 2.22. The van der Waals surface area contributed by atoms with Gasteiger partial charge in [-0.2, -0.15) is 4.98 Å². The van der Waals surface area contributed by atoms with Crippen molar-refractivity contribution in [1.82, 2.24) is 9.97 Å². The first-order valence-corrected chi connectivity index (χ1v) is 5.32. The summed E-state index contributed by atoms with van der Waals surface area (Å²) in [5.74, 6) is 0.849. The molecule has 0 saturated heterocycles. The highest BCUT2D eigenvalue weighted by atomic mass is 35.5. The van der Waals surface area contributed by atoms with Gasteiger partial charge in [0.05, 0.1) is 17.4 Å². The monoisotopic (exact) mass is 254 g/mol. The lowest BCUT2D eigenvalue weighted by Crippen LogP contribution is -1.90. The Bertz CT molecular complexity index is 517. The number of aryl methyl sites for hydroxylation is 1. The van der Waals surface area contributed by atoms with E-state index in [1.807, 2.05) is 19.1 Å². The zero-order valence-corrected chi connectivity index (χ0v) is 9.96. The molecule has 2 aromatic rings. The predicted octanol–water partition coefficient (Wildman–Crippen LogP) is 3.88. The quantitative estimate of drug-likeness (QED) is 0.816. The van der Waals surface area contributed by atoms with Gasteiger partial charge in [-0.25, -0.2) is 0 Å². The summed E-state index contributed by atoms with van der Waals surface area (Å²) >= 11 is 11.7. The van der Waals surface area contributed by atoms with Crippen LogP contribution in [0, 0.1) is 6.92 Å². The van der Waals surface area contributed by atoms with Gasteiger partial charge in [-0.05, 0) is 24.6 Å². The third-order valence-corrected chi connectivity index (χ3v) is 2.36. The average molecular weight is 255 g/mol. The molecule has 0 bridgehead atoms. The first-order chi connectivity index (χ1) is 7.65. The molecule has 5 heteroatoms. The zero-order valence-electron chi connectivity index (χ0n) is 8.45. The van der Waals surface area contributed by atoms with Crippen molar-refractivity contribution in [3.63, 3.8) is 0 Å². The summed E-state index contributed by atoms with van der Waals surface area (Å²) in [4.78, 5) is 7.82. The number of hydrogen-bond donors (Lipinski definition) is 0. The van der Waals surface area contributed by atoms with Crippen LogP contribution in [0.1, 0.15) is 5.56 Å². The van der Waals surface area contributed by atoms with Crippen molar-refractivity contribution >= 4 is 23.2 Å². The van der Waals surface area contributed by atoms with E-state index in [1.165, 1.54) is 12.4 Å². The van der Waals surface area contributed by atoms with Crippen LogP contribution in [0.15, 0.2) is 30.6 Å². The molecule has 0 atom stereocenters. The van der Waals surface area contributed by atoms with Crippen LogP contribution < -0.4 is 4.74 Å². The summed E-state index contributed by atoms with van der Waals surface area (Å²) in [5.41, 5.74) is 1.06. The molecule has 1 aromatic heterocycles. The van der Waals surface area contributed by atoms with Gasteiger partial charge in [0.15, 0.2) is 5.15 Å². The normalized spacial score (nSPS) is 10.2. The molecular formula is C11H8Cl2N2O. The number of ether oxygens (including phenoxy) is 1. The molecule has 0 N–H and O–H groups in total. The predicted molar refractivity (Wildman–Crippen MR) is 63.3 cm³/mol. The van der Waals surface area contributed by atoms with Crippen LogP contribution in [0.5, 0.6) is 11.6 Å². The van der Waals surface area contributed by atoms with E-state index in [1.54, 1.807) is 6.07 Å². The molecule has 0 saturated carbocycles. The van der Waals surface area contributed by atoms with E-state index in [4.69, 9.17) is 27.9 Å². The molecule has 0 fully saturated rings. The molecule has 0 unspecified atom stereocenters. The molecule has 1 heterocycles.